The summed E-state index contributed by atoms with van der Waals surface area (Å²) >= 11 is 11.3. The van der Waals surface area contributed by atoms with E-state index in [0.717, 1.165) is 6.07 Å². The highest BCUT2D eigenvalue weighted by molar-refractivity contribution is 6.31. The number of rotatable bonds is 2. The number of ether oxygens (including phenoxy) is 1. The minimum absolute atomic E-state index is 0.141. The fourth-order valence-corrected chi connectivity index (χ4v) is 1.59. The zero-order chi connectivity index (χ0) is 13.1. The molecule has 1 aromatic heterocycles. The largest absolute Gasteiger partial charge is 0.421 e. The van der Waals surface area contributed by atoms with Crippen LogP contribution in [0, 0.1) is 5.82 Å². The lowest BCUT2D eigenvalue weighted by Gasteiger charge is -2.05. The molecule has 0 bridgehead atoms. The Morgan fingerprint density at radius 3 is 2.61 bits per heavy atom. The topological polar surface area (TPSA) is 39.2 Å². The van der Waals surface area contributed by atoms with Crippen molar-refractivity contribution in [2.45, 2.75) is 0 Å². The highest BCUT2D eigenvalue weighted by Gasteiger charge is 2.14. The highest BCUT2D eigenvalue weighted by atomic mass is 35.5. The van der Waals surface area contributed by atoms with Crippen LogP contribution in [0.5, 0.6) is 5.75 Å². The van der Waals surface area contributed by atoms with E-state index in [0.29, 0.717) is 5.02 Å². The van der Waals surface area contributed by atoms with E-state index in [1.807, 2.05) is 0 Å². The minimum Gasteiger partial charge on any atom is -0.421 e. The summed E-state index contributed by atoms with van der Waals surface area (Å²) in [6, 6.07) is 5.09. The first kappa shape index (κ1) is 12.8. The number of aromatic nitrogens is 1. The van der Waals surface area contributed by atoms with Gasteiger partial charge in [0.05, 0.1) is 16.8 Å². The predicted octanol–water partition coefficient (Wildman–Crippen LogP) is 3.75. The molecule has 3 nitrogen and oxygen atoms in total. The third kappa shape index (κ3) is 2.97. The van der Waals surface area contributed by atoms with Crippen LogP contribution in [0.4, 0.5) is 4.39 Å². The molecule has 0 saturated heterocycles. The second-order valence-electron chi connectivity index (χ2n) is 3.35. The summed E-state index contributed by atoms with van der Waals surface area (Å²) in [5, 5.41) is 0.519. The van der Waals surface area contributed by atoms with E-state index >= 15 is 0 Å². The van der Waals surface area contributed by atoms with Crippen molar-refractivity contribution in [1.82, 2.24) is 4.98 Å². The van der Waals surface area contributed by atoms with Crippen LogP contribution in [0.25, 0.3) is 0 Å². The summed E-state index contributed by atoms with van der Waals surface area (Å²) in [6.07, 6.45) is 2.69. The number of benzene rings is 1. The number of carbonyl (C=O) groups is 1. The first-order chi connectivity index (χ1) is 8.56. The second kappa shape index (κ2) is 5.33. The molecule has 0 amide bonds. The van der Waals surface area contributed by atoms with Gasteiger partial charge in [-0.2, -0.15) is 0 Å². The molecule has 2 rings (SSSR count). The number of esters is 1. The summed E-state index contributed by atoms with van der Waals surface area (Å²) in [7, 11) is 0. The SMILES string of the molecule is O=C(Oc1cncc(Cl)c1)c1ccc(Cl)cc1F. The van der Waals surface area contributed by atoms with Gasteiger partial charge in [0.25, 0.3) is 0 Å². The zero-order valence-corrected chi connectivity index (χ0v) is 10.4. The molecule has 0 atom stereocenters. The summed E-state index contributed by atoms with van der Waals surface area (Å²) < 4.78 is 18.4. The monoisotopic (exact) mass is 285 g/mol. The van der Waals surface area contributed by atoms with E-state index in [-0.39, 0.29) is 16.3 Å². The van der Waals surface area contributed by atoms with Crippen LogP contribution in [-0.4, -0.2) is 11.0 Å². The van der Waals surface area contributed by atoms with Crippen molar-refractivity contribution in [3.8, 4) is 5.75 Å². The predicted molar refractivity (Wildman–Crippen MR) is 65.6 cm³/mol. The van der Waals surface area contributed by atoms with Crippen molar-refractivity contribution in [3.63, 3.8) is 0 Å². The quantitative estimate of drug-likeness (QED) is 0.789. The molecule has 0 fully saturated rings. The van der Waals surface area contributed by atoms with Gasteiger partial charge in [-0.1, -0.05) is 23.2 Å². The molecule has 0 radical (unpaired) electrons. The third-order valence-corrected chi connectivity index (χ3v) is 2.48. The van der Waals surface area contributed by atoms with Gasteiger partial charge in [-0.15, -0.1) is 0 Å². The van der Waals surface area contributed by atoms with Gasteiger partial charge in [0.15, 0.2) is 5.75 Å². The third-order valence-electron chi connectivity index (χ3n) is 2.04. The van der Waals surface area contributed by atoms with Crippen molar-refractivity contribution >= 4 is 29.2 Å². The van der Waals surface area contributed by atoms with Gasteiger partial charge in [0, 0.05) is 17.3 Å². The number of carbonyl (C=O) groups excluding carboxylic acids is 1. The number of halogens is 3. The molecule has 92 valence electrons. The Hall–Kier alpha value is -1.65. The molecule has 1 heterocycles. The molecular formula is C12H6Cl2FNO2. The Bertz CT molecular complexity index is 604. The van der Waals surface area contributed by atoms with Crippen molar-refractivity contribution in [2.75, 3.05) is 0 Å². The maximum absolute atomic E-state index is 13.5. The van der Waals surface area contributed by atoms with Crippen LogP contribution in [0.3, 0.4) is 0 Å². The maximum atomic E-state index is 13.5. The average Bonchev–Trinajstić information content (AvgIpc) is 2.28. The number of nitrogens with zero attached hydrogens (tertiary/aromatic N) is 1. The lowest BCUT2D eigenvalue weighted by Crippen LogP contribution is -2.10. The number of pyridine rings is 1. The van der Waals surface area contributed by atoms with E-state index in [4.69, 9.17) is 27.9 Å². The van der Waals surface area contributed by atoms with E-state index in [1.54, 1.807) is 0 Å². The van der Waals surface area contributed by atoms with E-state index in [2.05, 4.69) is 4.98 Å². The van der Waals surface area contributed by atoms with Crippen LogP contribution in [0.1, 0.15) is 10.4 Å². The van der Waals surface area contributed by atoms with Crippen LogP contribution < -0.4 is 4.74 Å². The lowest BCUT2D eigenvalue weighted by molar-refractivity contribution is 0.0729. The van der Waals surface area contributed by atoms with Crippen LogP contribution in [-0.2, 0) is 0 Å². The summed E-state index contributed by atoms with van der Waals surface area (Å²) in [6.45, 7) is 0. The average molecular weight is 286 g/mol. The van der Waals surface area contributed by atoms with Gasteiger partial charge in [-0.05, 0) is 18.2 Å². The molecule has 0 aliphatic heterocycles. The fourth-order valence-electron chi connectivity index (χ4n) is 1.27. The van der Waals surface area contributed by atoms with Crippen molar-refractivity contribution in [2.24, 2.45) is 0 Å². The summed E-state index contributed by atoms with van der Waals surface area (Å²) in [5.74, 6) is -1.45. The Morgan fingerprint density at radius 1 is 1.17 bits per heavy atom. The van der Waals surface area contributed by atoms with Gasteiger partial charge in [0.2, 0.25) is 0 Å². The van der Waals surface area contributed by atoms with Gasteiger partial charge < -0.3 is 4.74 Å². The molecule has 0 aliphatic carbocycles. The van der Waals surface area contributed by atoms with Crippen LogP contribution >= 0.6 is 23.2 Å². The van der Waals surface area contributed by atoms with Gasteiger partial charge in [-0.25, -0.2) is 9.18 Å². The van der Waals surface area contributed by atoms with E-state index in [1.165, 1.54) is 30.6 Å². The molecule has 0 spiro atoms. The van der Waals surface area contributed by atoms with Crippen LogP contribution in [0.2, 0.25) is 10.0 Å². The molecule has 1 aromatic carbocycles. The Balaban J connectivity index is 2.22. The number of hydrogen-bond acceptors (Lipinski definition) is 3. The fraction of sp³-hybridized carbons (Fsp3) is 0. The van der Waals surface area contributed by atoms with E-state index in [9.17, 15) is 9.18 Å². The van der Waals surface area contributed by atoms with Crippen molar-refractivity contribution in [3.05, 3.63) is 58.1 Å². The Morgan fingerprint density at radius 2 is 1.94 bits per heavy atom. The number of hydrogen-bond donors (Lipinski definition) is 0. The van der Waals surface area contributed by atoms with Crippen molar-refractivity contribution in [1.29, 1.82) is 0 Å². The lowest BCUT2D eigenvalue weighted by atomic mass is 10.2. The minimum atomic E-state index is -0.840. The standard InChI is InChI=1S/C12H6Cl2FNO2/c13-7-1-2-10(11(15)4-7)12(17)18-9-3-8(14)5-16-6-9/h1-6H. The highest BCUT2D eigenvalue weighted by Crippen LogP contribution is 2.19. The molecule has 18 heavy (non-hydrogen) atoms. The van der Waals surface area contributed by atoms with Gasteiger partial charge in [0.1, 0.15) is 5.82 Å². The Labute approximate surface area is 112 Å². The van der Waals surface area contributed by atoms with Crippen molar-refractivity contribution < 1.29 is 13.9 Å². The van der Waals surface area contributed by atoms with Crippen LogP contribution in [0.15, 0.2) is 36.7 Å². The Kier molecular flexibility index (Phi) is 3.79. The first-order valence-electron chi connectivity index (χ1n) is 4.84. The first-order valence-corrected chi connectivity index (χ1v) is 5.59. The molecule has 0 aliphatic rings. The molecule has 6 heteroatoms. The van der Waals surface area contributed by atoms with Gasteiger partial charge >= 0.3 is 5.97 Å². The normalized spacial score (nSPS) is 10.2. The van der Waals surface area contributed by atoms with Gasteiger partial charge in [-0.3, -0.25) is 4.98 Å². The summed E-state index contributed by atoms with van der Waals surface area (Å²) in [5.41, 5.74) is -0.209. The molecule has 0 N–H and O–H groups in total. The maximum Gasteiger partial charge on any atom is 0.346 e. The molecular weight excluding hydrogens is 280 g/mol. The second-order valence-corrected chi connectivity index (χ2v) is 4.23. The van der Waals surface area contributed by atoms with E-state index < -0.39 is 11.8 Å². The smallest absolute Gasteiger partial charge is 0.346 e. The molecule has 0 unspecified atom stereocenters. The molecule has 0 saturated carbocycles. The molecule has 2 aromatic rings. The zero-order valence-electron chi connectivity index (χ0n) is 8.86. The summed E-state index contributed by atoms with van der Waals surface area (Å²) in [4.78, 5) is 15.4.